The van der Waals surface area contributed by atoms with E-state index in [9.17, 15) is 18.0 Å². The van der Waals surface area contributed by atoms with Crippen molar-refractivity contribution < 1.29 is 18.0 Å². The smallest absolute Gasteiger partial charge is 0.368 e. The summed E-state index contributed by atoms with van der Waals surface area (Å²) in [5, 5.41) is 4.14. The molecule has 1 fully saturated rings. The van der Waals surface area contributed by atoms with Crippen molar-refractivity contribution in [3.05, 3.63) is 47.2 Å². The van der Waals surface area contributed by atoms with Crippen LogP contribution >= 0.6 is 11.6 Å². The second-order valence-electron chi connectivity index (χ2n) is 6.15. The molecule has 2 aromatic rings. The van der Waals surface area contributed by atoms with Gasteiger partial charge in [0.1, 0.15) is 6.04 Å². The third-order valence-corrected chi connectivity index (χ3v) is 4.65. The summed E-state index contributed by atoms with van der Waals surface area (Å²) in [7, 11) is 0. The van der Waals surface area contributed by atoms with Gasteiger partial charge in [-0.25, -0.2) is 0 Å². The van der Waals surface area contributed by atoms with Crippen LogP contribution in [0.5, 0.6) is 0 Å². The number of rotatable bonds is 3. The number of aromatic nitrogens is 2. The van der Waals surface area contributed by atoms with Gasteiger partial charge >= 0.3 is 6.18 Å². The van der Waals surface area contributed by atoms with Crippen molar-refractivity contribution in [2.45, 2.75) is 19.1 Å². The molecule has 1 aromatic heterocycles. The highest BCUT2D eigenvalue weighted by Gasteiger charge is 2.35. The van der Waals surface area contributed by atoms with Gasteiger partial charge in [0.05, 0.1) is 0 Å². The Labute approximate surface area is 153 Å². The van der Waals surface area contributed by atoms with Gasteiger partial charge in [-0.15, -0.1) is 0 Å². The van der Waals surface area contributed by atoms with Gasteiger partial charge in [-0.05, 0) is 31.2 Å². The van der Waals surface area contributed by atoms with E-state index in [4.69, 9.17) is 11.6 Å². The summed E-state index contributed by atoms with van der Waals surface area (Å²) in [5.41, 5.74) is -0.0116. The summed E-state index contributed by atoms with van der Waals surface area (Å²) >= 11 is 6.01. The molecule has 1 aromatic carbocycles. The molecule has 0 radical (unpaired) electrons. The van der Waals surface area contributed by atoms with Crippen molar-refractivity contribution in [3.8, 4) is 0 Å². The Bertz CT molecular complexity index is 784. The molecule has 26 heavy (non-hydrogen) atoms. The SMILES string of the molecule is CC(C(=O)N1CCN(c2cccc(Cl)c2)CC1)n1ccc(C(F)(F)F)n1. The van der Waals surface area contributed by atoms with Crippen LogP contribution in [-0.4, -0.2) is 46.8 Å². The number of halogens is 4. The van der Waals surface area contributed by atoms with Crippen LogP contribution in [-0.2, 0) is 11.0 Å². The highest BCUT2D eigenvalue weighted by Crippen LogP contribution is 2.28. The lowest BCUT2D eigenvalue weighted by Crippen LogP contribution is -2.50. The minimum atomic E-state index is -4.52. The van der Waals surface area contributed by atoms with Crippen LogP contribution in [0.25, 0.3) is 0 Å². The second kappa shape index (κ2) is 7.19. The summed E-state index contributed by atoms with van der Waals surface area (Å²) in [6.45, 7) is 3.79. The third kappa shape index (κ3) is 3.95. The van der Waals surface area contributed by atoms with Gasteiger partial charge in [-0.1, -0.05) is 17.7 Å². The summed E-state index contributed by atoms with van der Waals surface area (Å²) in [6.07, 6.45) is -3.33. The topological polar surface area (TPSA) is 41.4 Å². The largest absolute Gasteiger partial charge is 0.435 e. The Morgan fingerprint density at radius 1 is 1.19 bits per heavy atom. The van der Waals surface area contributed by atoms with Crippen LogP contribution in [0.15, 0.2) is 36.5 Å². The molecule has 0 saturated carbocycles. The van der Waals surface area contributed by atoms with E-state index in [0.717, 1.165) is 16.4 Å². The highest BCUT2D eigenvalue weighted by atomic mass is 35.5. The van der Waals surface area contributed by atoms with Gasteiger partial charge in [-0.2, -0.15) is 18.3 Å². The van der Waals surface area contributed by atoms with Crippen LogP contribution in [0.2, 0.25) is 5.02 Å². The van der Waals surface area contributed by atoms with E-state index in [1.54, 1.807) is 17.9 Å². The van der Waals surface area contributed by atoms with Crippen molar-refractivity contribution in [2.75, 3.05) is 31.1 Å². The third-order valence-electron chi connectivity index (χ3n) is 4.42. The zero-order valence-electron chi connectivity index (χ0n) is 14.1. The first-order chi connectivity index (χ1) is 12.3. The summed E-state index contributed by atoms with van der Waals surface area (Å²) < 4.78 is 39.1. The number of benzene rings is 1. The Morgan fingerprint density at radius 2 is 1.88 bits per heavy atom. The minimum absolute atomic E-state index is 0.243. The van der Waals surface area contributed by atoms with E-state index in [-0.39, 0.29) is 5.91 Å². The van der Waals surface area contributed by atoms with Gasteiger partial charge in [0.15, 0.2) is 5.69 Å². The molecule has 0 aliphatic carbocycles. The van der Waals surface area contributed by atoms with Crippen molar-refractivity contribution in [1.82, 2.24) is 14.7 Å². The van der Waals surface area contributed by atoms with Gasteiger partial charge in [-0.3, -0.25) is 9.48 Å². The first-order valence-corrected chi connectivity index (χ1v) is 8.55. The van der Waals surface area contributed by atoms with Gasteiger partial charge in [0.25, 0.3) is 0 Å². The van der Waals surface area contributed by atoms with Crippen LogP contribution < -0.4 is 4.90 Å². The van der Waals surface area contributed by atoms with Crippen molar-refractivity contribution in [3.63, 3.8) is 0 Å². The number of nitrogens with zero attached hydrogens (tertiary/aromatic N) is 4. The number of piperazine rings is 1. The number of alkyl halides is 3. The lowest BCUT2D eigenvalue weighted by Gasteiger charge is -2.37. The van der Waals surface area contributed by atoms with Gasteiger partial charge < -0.3 is 9.80 Å². The molecule has 5 nitrogen and oxygen atoms in total. The van der Waals surface area contributed by atoms with Crippen LogP contribution in [0.1, 0.15) is 18.7 Å². The van der Waals surface area contributed by atoms with E-state index in [2.05, 4.69) is 10.00 Å². The molecule has 1 aliphatic rings. The lowest BCUT2D eigenvalue weighted by atomic mass is 10.2. The first-order valence-electron chi connectivity index (χ1n) is 8.17. The fourth-order valence-corrected chi connectivity index (χ4v) is 3.12. The maximum atomic E-state index is 12.7. The highest BCUT2D eigenvalue weighted by molar-refractivity contribution is 6.30. The zero-order valence-corrected chi connectivity index (χ0v) is 14.8. The molecule has 3 rings (SSSR count). The number of anilines is 1. The molecule has 1 atom stereocenters. The summed E-state index contributed by atoms with van der Waals surface area (Å²) in [4.78, 5) is 16.4. The molecule has 0 bridgehead atoms. The molecular weight excluding hydrogens is 369 g/mol. The Morgan fingerprint density at radius 3 is 2.46 bits per heavy atom. The fourth-order valence-electron chi connectivity index (χ4n) is 2.94. The summed E-state index contributed by atoms with van der Waals surface area (Å²) in [6, 6.07) is 7.57. The van der Waals surface area contributed by atoms with Crippen LogP contribution in [0.4, 0.5) is 18.9 Å². The molecule has 2 heterocycles. The van der Waals surface area contributed by atoms with E-state index >= 15 is 0 Å². The second-order valence-corrected chi connectivity index (χ2v) is 6.58. The normalized spacial score (nSPS) is 16.7. The van der Waals surface area contributed by atoms with Crippen molar-refractivity contribution in [2.24, 2.45) is 0 Å². The van der Waals surface area contributed by atoms with Crippen molar-refractivity contribution >= 4 is 23.2 Å². The fraction of sp³-hybridized carbons (Fsp3) is 0.412. The van der Waals surface area contributed by atoms with E-state index in [0.29, 0.717) is 31.2 Å². The Balaban J connectivity index is 1.62. The Kier molecular flexibility index (Phi) is 5.13. The lowest BCUT2D eigenvalue weighted by molar-refractivity contribution is -0.142. The molecule has 1 unspecified atom stereocenters. The van der Waals surface area contributed by atoms with Crippen molar-refractivity contribution in [1.29, 1.82) is 0 Å². The van der Waals surface area contributed by atoms with E-state index in [1.165, 1.54) is 6.20 Å². The van der Waals surface area contributed by atoms with Gasteiger partial charge in [0.2, 0.25) is 5.91 Å². The number of amides is 1. The first kappa shape index (κ1) is 18.6. The average molecular weight is 387 g/mol. The van der Waals surface area contributed by atoms with Crippen LogP contribution in [0, 0.1) is 0 Å². The molecule has 9 heteroatoms. The van der Waals surface area contributed by atoms with E-state index < -0.39 is 17.9 Å². The maximum absolute atomic E-state index is 12.7. The molecule has 1 aliphatic heterocycles. The predicted octanol–water partition coefficient (Wildman–Crippen LogP) is 3.47. The van der Waals surface area contributed by atoms with Gasteiger partial charge in [0, 0.05) is 43.1 Å². The minimum Gasteiger partial charge on any atom is -0.368 e. The molecule has 1 amide bonds. The zero-order chi connectivity index (χ0) is 18.9. The number of hydrogen-bond donors (Lipinski definition) is 0. The summed E-state index contributed by atoms with van der Waals surface area (Å²) in [5.74, 6) is -0.243. The molecule has 1 saturated heterocycles. The quantitative estimate of drug-likeness (QED) is 0.811. The molecule has 140 valence electrons. The van der Waals surface area contributed by atoms with E-state index in [1.807, 2.05) is 18.2 Å². The number of carbonyl (C=O) groups is 1. The average Bonchev–Trinajstić information content (AvgIpc) is 3.11. The predicted molar refractivity (Wildman–Crippen MR) is 92.2 cm³/mol. The molecule has 0 N–H and O–H groups in total. The molecular formula is C17H18ClF3N4O. The number of carbonyl (C=O) groups excluding carboxylic acids is 1. The standard InChI is InChI=1S/C17H18ClF3N4O/c1-12(25-6-5-15(22-25)17(19,20)21)16(26)24-9-7-23(8-10-24)14-4-2-3-13(18)11-14/h2-6,11-12H,7-10H2,1H3. The maximum Gasteiger partial charge on any atom is 0.435 e. The monoisotopic (exact) mass is 386 g/mol. The molecule has 0 spiro atoms. The Hall–Kier alpha value is -2.22. The number of hydrogen-bond acceptors (Lipinski definition) is 3. The van der Waals surface area contributed by atoms with Crippen LogP contribution in [0.3, 0.4) is 0 Å².